The number of aromatic amines is 1. The van der Waals surface area contributed by atoms with Crippen LogP contribution in [0, 0.1) is 0 Å². The van der Waals surface area contributed by atoms with E-state index in [1.807, 2.05) is 0 Å². The molecule has 4 atom stereocenters. The number of ether oxygens (including phenoxy) is 1. The monoisotopic (exact) mass is 584 g/mol. The quantitative estimate of drug-likeness (QED) is 0.180. The number of hydrogen-bond donors (Lipinski definition) is 6. The van der Waals surface area contributed by atoms with Crippen LogP contribution in [0.4, 0.5) is 16.3 Å². The molecule has 2 aliphatic rings. The molecule has 1 aromatic carbocycles. The fraction of sp³-hybridized carbons (Fsp3) is 0.400. The van der Waals surface area contributed by atoms with Crippen LogP contribution in [0.25, 0.3) is 22.7 Å². The van der Waals surface area contributed by atoms with Crippen molar-refractivity contribution in [3.8, 4) is 11.5 Å². The summed E-state index contributed by atoms with van der Waals surface area (Å²) in [5.41, 5.74) is 0.760. The number of fused-ring (bicyclic) bond motifs is 1. The fourth-order valence-electron chi connectivity index (χ4n) is 5.12. The molecule has 2 fully saturated rings. The minimum absolute atomic E-state index is 0.0275. The minimum Gasteiger partial charge on any atom is -0.394 e. The second-order valence-corrected chi connectivity index (χ2v) is 11.8. The molecule has 0 radical (unpaired) electrons. The minimum atomic E-state index is -4.35. The largest absolute Gasteiger partial charge is 0.394 e. The molecule has 4 aromatic rings. The Hall–Kier alpha value is -3.96. The predicted octanol–water partition coefficient (Wildman–Crippen LogP) is 1.19. The Morgan fingerprint density at radius 1 is 1.12 bits per heavy atom. The zero-order valence-electron chi connectivity index (χ0n) is 21.6. The van der Waals surface area contributed by atoms with E-state index in [-0.39, 0.29) is 33.8 Å². The summed E-state index contributed by atoms with van der Waals surface area (Å²) >= 11 is 0. The van der Waals surface area contributed by atoms with Crippen molar-refractivity contribution in [2.24, 2.45) is 0 Å². The maximum Gasteiger partial charge on any atom is 0.345 e. The number of imidazole rings is 1. The molecule has 0 spiro atoms. The highest BCUT2D eigenvalue weighted by molar-refractivity contribution is 8.06. The van der Waals surface area contributed by atoms with Gasteiger partial charge in [0.1, 0.15) is 24.0 Å². The Balaban J connectivity index is 1.40. The summed E-state index contributed by atoms with van der Waals surface area (Å²) in [5, 5.41) is 41.7. The first-order chi connectivity index (χ1) is 19.8. The summed E-state index contributed by atoms with van der Waals surface area (Å²) in [7, 11) is -4.35. The summed E-state index contributed by atoms with van der Waals surface area (Å²) in [6, 6.07) is 7.45. The zero-order chi connectivity index (χ0) is 28.7. The molecule has 4 heterocycles. The van der Waals surface area contributed by atoms with Crippen molar-refractivity contribution in [1.29, 1.82) is 0 Å². The smallest absolute Gasteiger partial charge is 0.345 e. The molecule has 0 bridgehead atoms. The van der Waals surface area contributed by atoms with Crippen LogP contribution in [0.5, 0.6) is 0 Å². The molecule has 1 aliphatic heterocycles. The number of aliphatic hydroxyl groups excluding tert-OH is 3. The summed E-state index contributed by atoms with van der Waals surface area (Å²) in [6.07, 6.45) is 1.79. The van der Waals surface area contributed by atoms with Crippen molar-refractivity contribution in [2.75, 3.05) is 17.2 Å². The maximum atomic E-state index is 12.8. The lowest BCUT2D eigenvalue weighted by Crippen LogP contribution is -2.33. The highest BCUT2D eigenvalue weighted by Gasteiger charge is 2.44. The second kappa shape index (κ2) is 10.8. The van der Waals surface area contributed by atoms with E-state index >= 15 is 0 Å². The molecule has 2 unspecified atom stereocenters. The molecular formula is C25H28N8O7S. The number of H-pyrrole nitrogens is 1. The van der Waals surface area contributed by atoms with Crippen molar-refractivity contribution in [1.82, 2.24) is 29.7 Å². The number of amides is 1. The Morgan fingerprint density at radius 3 is 2.59 bits per heavy atom. The third-order valence-corrected chi connectivity index (χ3v) is 8.79. The molecule has 16 heteroatoms. The number of rotatable bonds is 7. The van der Waals surface area contributed by atoms with E-state index in [1.54, 1.807) is 6.07 Å². The van der Waals surface area contributed by atoms with Gasteiger partial charge in [0.05, 0.1) is 29.7 Å². The van der Waals surface area contributed by atoms with Gasteiger partial charge in [0.15, 0.2) is 29.0 Å². The highest BCUT2D eigenvalue weighted by atomic mass is 32.2. The number of sulfone groups is 1. The van der Waals surface area contributed by atoms with Crippen LogP contribution in [-0.2, 0) is 14.6 Å². The van der Waals surface area contributed by atoms with E-state index in [2.05, 4.69) is 35.8 Å². The average molecular weight is 585 g/mol. The van der Waals surface area contributed by atoms with Crippen molar-refractivity contribution < 1.29 is 33.3 Å². The van der Waals surface area contributed by atoms with Gasteiger partial charge in [-0.05, 0) is 25.0 Å². The number of anilines is 2. The van der Waals surface area contributed by atoms with E-state index in [4.69, 9.17) is 4.74 Å². The molecule has 6 N–H and O–H groups in total. The van der Waals surface area contributed by atoms with Crippen molar-refractivity contribution in [3.05, 3.63) is 42.9 Å². The molecule has 15 nitrogen and oxygen atoms in total. The SMILES string of the molecule is O=C(Nc1cn[nH]c1-c1nc(NC2CCCC2)c2ncn([C@@H]3O[C@H](CO)C(O)C3O)c2n1)S(=O)(=O)c1ccccc1. The molecule has 1 saturated heterocycles. The van der Waals surface area contributed by atoms with Gasteiger partial charge in [-0.15, -0.1) is 0 Å². The van der Waals surface area contributed by atoms with Gasteiger partial charge >= 0.3 is 5.24 Å². The van der Waals surface area contributed by atoms with E-state index in [0.717, 1.165) is 25.7 Å². The normalized spacial score (nSPS) is 23.3. The molecule has 1 aliphatic carbocycles. The molecule has 1 amide bonds. The summed E-state index contributed by atoms with van der Waals surface area (Å²) < 4.78 is 32.8. The number of nitrogens with zero attached hydrogens (tertiary/aromatic N) is 5. The van der Waals surface area contributed by atoms with Gasteiger partial charge in [-0.1, -0.05) is 31.0 Å². The van der Waals surface area contributed by atoms with Crippen LogP contribution in [0.3, 0.4) is 0 Å². The van der Waals surface area contributed by atoms with Gasteiger partial charge < -0.3 is 30.7 Å². The number of hydrogen-bond acceptors (Lipinski definition) is 12. The molecular weight excluding hydrogens is 556 g/mol. The second-order valence-electron chi connectivity index (χ2n) is 9.96. The summed E-state index contributed by atoms with van der Waals surface area (Å²) in [4.78, 5) is 26.4. The predicted molar refractivity (Wildman–Crippen MR) is 144 cm³/mol. The molecule has 41 heavy (non-hydrogen) atoms. The first-order valence-corrected chi connectivity index (χ1v) is 14.5. The van der Waals surface area contributed by atoms with Crippen LogP contribution >= 0.6 is 0 Å². The van der Waals surface area contributed by atoms with Gasteiger partial charge in [0.2, 0.25) is 0 Å². The Morgan fingerprint density at radius 2 is 1.88 bits per heavy atom. The number of nitrogens with one attached hydrogen (secondary N) is 3. The Labute approximate surface area is 233 Å². The molecule has 3 aromatic heterocycles. The van der Waals surface area contributed by atoms with Crippen LogP contribution in [-0.4, -0.2) is 89.7 Å². The van der Waals surface area contributed by atoms with Crippen molar-refractivity contribution >= 4 is 37.7 Å². The summed E-state index contributed by atoms with van der Waals surface area (Å²) in [5.74, 6) is 0.433. The number of aliphatic hydroxyl groups is 3. The van der Waals surface area contributed by atoms with Gasteiger partial charge in [-0.3, -0.25) is 14.5 Å². The number of carbonyl (C=O) groups excluding carboxylic acids is 1. The third kappa shape index (κ3) is 4.93. The zero-order valence-corrected chi connectivity index (χ0v) is 22.4. The van der Waals surface area contributed by atoms with Gasteiger partial charge in [-0.2, -0.15) is 5.10 Å². The number of aromatic nitrogens is 6. The van der Waals surface area contributed by atoms with Gasteiger partial charge in [0, 0.05) is 6.04 Å². The van der Waals surface area contributed by atoms with E-state index in [9.17, 15) is 28.5 Å². The van der Waals surface area contributed by atoms with Gasteiger partial charge in [0.25, 0.3) is 9.84 Å². The molecule has 1 saturated carbocycles. The van der Waals surface area contributed by atoms with Gasteiger partial charge in [-0.25, -0.2) is 23.4 Å². The standard InChI is InChI=1S/C25H28N8O7S/c34-11-16-19(35)20(36)24(40-16)33-12-26-18-22(28-13-6-4-5-7-13)30-21(31-23(18)33)17-15(10-27-32-17)29-25(37)41(38,39)14-8-2-1-3-9-14/h1-3,8-10,12-13,16,19-20,24,34-36H,4-7,11H2,(H,27,32)(H,29,37)(H,28,30,31)/t16-,19?,20?,24-/m1/s1. The molecule has 216 valence electrons. The lowest BCUT2D eigenvalue weighted by molar-refractivity contribution is -0.0511. The first-order valence-electron chi connectivity index (χ1n) is 13.1. The van der Waals surface area contributed by atoms with Crippen LogP contribution < -0.4 is 10.6 Å². The third-order valence-electron chi connectivity index (χ3n) is 7.31. The fourth-order valence-corrected chi connectivity index (χ4v) is 6.10. The highest BCUT2D eigenvalue weighted by Crippen LogP contribution is 2.35. The van der Waals surface area contributed by atoms with Crippen LogP contribution in [0.1, 0.15) is 31.9 Å². The van der Waals surface area contributed by atoms with E-state index < -0.39 is 46.2 Å². The van der Waals surface area contributed by atoms with E-state index in [0.29, 0.717) is 11.3 Å². The van der Waals surface area contributed by atoms with Crippen LogP contribution in [0.2, 0.25) is 0 Å². The Kier molecular flexibility index (Phi) is 7.16. The average Bonchev–Trinajstić information content (AvgIpc) is 3.78. The number of benzene rings is 1. The van der Waals surface area contributed by atoms with Crippen LogP contribution in [0.15, 0.2) is 47.8 Å². The Bertz CT molecular complexity index is 1670. The maximum absolute atomic E-state index is 12.8. The first kappa shape index (κ1) is 27.2. The summed E-state index contributed by atoms with van der Waals surface area (Å²) in [6.45, 7) is -0.501. The van der Waals surface area contributed by atoms with Crippen molar-refractivity contribution in [2.45, 2.75) is 61.2 Å². The van der Waals surface area contributed by atoms with Crippen molar-refractivity contribution in [3.63, 3.8) is 0 Å². The topological polar surface area (TPSA) is 217 Å². The van der Waals surface area contributed by atoms with E-state index in [1.165, 1.54) is 41.4 Å². The number of carbonyl (C=O) groups is 1. The molecule has 6 rings (SSSR count). The lowest BCUT2D eigenvalue weighted by atomic mass is 10.1. The lowest BCUT2D eigenvalue weighted by Gasteiger charge is -2.18.